The molecule has 2 fully saturated rings. The maximum atomic E-state index is 14.8. The van der Waals surface area contributed by atoms with Crippen LogP contribution in [0, 0.1) is 29.4 Å². The third kappa shape index (κ3) is 4.65. The van der Waals surface area contributed by atoms with Crippen molar-refractivity contribution in [2.45, 2.75) is 44.4 Å². The first-order chi connectivity index (χ1) is 15.0. The molecule has 4 rings (SSSR count). The predicted molar refractivity (Wildman–Crippen MR) is 115 cm³/mol. The van der Waals surface area contributed by atoms with E-state index in [2.05, 4.69) is 12.7 Å². The summed E-state index contributed by atoms with van der Waals surface area (Å²) in [4.78, 5) is 12.4. The second-order valence-electron chi connectivity index (χ2n) is 8.76. The molecule has 2 aliphatic carbocycles. The number of rotatable bonds is 5. The first kappa shape index (κ1) is 21.5. The van der Waals surface area contributed by atoms with Gasteiger partial charge in [0, 0.05) is 6.07 Å². The molecule has 0 aromatic heterocycles. The van der Waals surface area contributed by atoms with Crippen molar-refractivity contribution in [1.29, 1.82) is 0 Å². The molecule has 0 aliphatic heterocycles. The number of esters is 1. The molecule has 31 heavy (non-hydrogen) atoms. The van der Waals surface area contributed by atoms with Gasteiger partial charge < -0.3 is 9.47 Å². The number of allylic oxidation sites excluding steroid dienone is 1. The zero-order valence-electron chi connectivity index (χ0n) is 17.8. The Kier molecular flexibility index (Phi) is 6.40. The molecule has 0 heterocycles. The molecule has 0 saturated heterocycles. The summed E-state index contributed by atoms with van der Waals surface area (Å²) >= 11 is 0. The maximum Gasteiger partial charge on any atom is 0.346 e. The van der Waals surface area contributed by atoms with Crippen LogP contribution in [0.4, 0.5) is 8.78 Å². The molecular weight excluding hydrogens is 398 g/mol. The van der Waals surface area contributed by atoms with Crippen LogP contribution in [0.3, 0.4) is 0 Å². The van der Waals surface area contributed by atoms with Crippen molar-refractivity contribution in [3.05, 3.63) is 71.8 Å². The molecule has 2 aliphatic rings. The van der Waals surface area contributed by atoms with Crippen LogP contribution in [0.25, 0.3) is 0 Å². The van der Waals surface area contributed by atoms with Gasteiger partial charge in [0.1, 0.15) is 11.6 Å². The van der Waals surface area contributed by atoms with Crippen LogP contribution in [0.1, 0.15) is 60.4 Å². The zero-order valence-corrected chi connectivity index (χ0v) is 17.8. The number of hydrogen-bond acceptors (Lipinski definition) is 3. The molecule has 164 valence electrons. The van der Waals surface area contributed by atoms with Gasteiger partial charge in [-0.15, -0.1) is 6.58 Å². The van der Waals surface area contributed by atoms with Crippen LogP contribution in [0.5, 0.6) is 11.5 Å². The highest BCUT2D eigenvalue weighted by molar-refractivity contribution is 5.91. The summed E-state index contributed by atoms with van der Waals surface area (Å²) in [7, 11) is 1.41. The van der Waals surface area contributed by atoms with Crippen LogP contribution >= 0.6 is 0 Å². The summed E-state index contributed by atoms with van der Waals surface area (Å²) in [5.74, 6) is 0.118. The fraction of sp³-hybridized carbons (Fsp3) is 0.423. The molecule has 5 heteroatoms. The van der Waals surface area contributed by atoms with Gasteiger partial charge in [0.2, 0.25) is 0 Å². The Morgan fingerprint density at radius 1 is 1.00 bits per heavy atom. The Morgan fingerprint density at radius 2 is 1.77 bits per heavy atom. The summed E-state index contributed by atoms with van der Waals surface area (Å²) in [5, 5.41) is 0. The van der Waals surface area contributed by atoms with Crippen molar-refractivity contribution in [2.24, 2.45) is 17.8 Å². The standard InChI is InChI=1S/C26H28F2O3/c1-3-16-4-5-18-13-19(7-6-17(18)12-16)20-8-10-22(23(27)14-20)26(29)31-25-11-9-21(30-2)15-24(25)28/h3,8-11,14-19H,1,4-7,12-13H2,2H3. The lowest BCUT2D eigenvalue weighted by Crippen LogP contribution is -2.30. The van der Waals surface area contributed by atoms with Gasteiger partial charge in [-0.2, -0.15) is 0 Å². The van der Waals surface area contributed by atoms with Crippen molar-refractivity contribution in [3.63, 3.8) is 0 Å². The maximum absolute atomic E-state index is 14.8. The Labute approximate surface area is 182 Å². The monoisotopic (exact) mass is 426 g/mol. The molecule has 3 nitrogen and oxygen atoms in total. The smallest absolute Gasteiger partial charge is 0.346 e. The number of carbonyl (C=O) groups excluding carboxylic acids is 1. The van der Waals surface area contributed by atoms with Crippen molar-refractivity contribution < 1.29 is 23.0 Å². The number of halogens is 2. The largest absolute Gasteiger partial charge is 0.497 e. The number of methoxy groups -OCH3 is 1. The Hall–Kier alpha value is -2.69. The Bertz CT molecular complexity index is 971. The number of hydrogen-bond donors (Lipinski definition) is 0. The average molecular weight is 427 g/mol. The molecule has 2 aromatic rings. The van der Waals surface area contributed by atoms with E-state index in [0.717, 1.165) is 36.8 Å². The summed E-state index contributed by atoms with van der Waals surface area (Å²) in [6.45, 7) is 3.95. The minimum atomic E-state index is -0.917. The van der Waals surface area contributed by atoms with Gasteiger partial charge >= 0.3 is 5.97 Å². The fourth-order valence-electron chi connectivity index (χ4n) is 5.24. The van der Waals surface area contributed by atoms with Crippen LogP contribution in [-0.4, -0.2) is 13.1 Å². The van der Waals surface area contributed by atoms with E-state index < -0.39 is 17.6 Å². The molecule has 2 saturated carbocycles. The quantitative estimate of drug-likeness (QED) is 0.304. The fourth-order valence-corrected chi connectivity index (χ4v) is 5.24. The van der Waals surface area contributed by atoms with Gasteiger partial charge in [-0.05, 0) is 92.0 Å². The van der Waals surface area contributed by atoms with Gasteiger partial charge in [-0.1, -0.05) is 12.1 Å². The van der Waals surface area contributed by atoms with Crippen molar-refractivity contribution in [2.75, 3.05) is 7.11 Å². The molecule has 0 radical (unpaired) electrons. The minimum Gasteiger partial charge on any atom is -0.497 e. The summed E-state index contributed by atoms with van der Waals surface area (Å²) in [5.41, 5.74) is 0.730. The first-order valence-corrected chi connectivity index (χ1v) is 11.0. The number of fused-ring (bicyclic) bond motifs is 1. The van der Waals surface area contributed by atoms with Crippen LogP contribution in [0.15, 0.2) is 49.1 Å². The summed E-state index contributed by atoms with van der Waals surface area (Å²) in [6, 6.07) is 8.59. The third-order valence-electron chi connectivity index (χ3n) is 7.01. The van der Waals surface area contributed by atoms with Gasteiger partial charge in [0.05, 0.1) is 12.7 Å². The third-order valence-corrected chi connectivity index (χ3v) is 7.01. The lowest BCUT2D eigenvalue weighted by molar-refractivity contribution is 0.0722. The molecule has 0 spiro atoms. The molecule has 2 aromatic carbocycles. The Morgan fingerprint density at radius 3 is 2.48 bits per heavy atom. The van der Waals surface area contributed by atoms with Gasteiger partial charge in [-0.3, -0.25) is 0 Å². The van der Waals surface area contributed by atoms with Crippen LogP contribution in [0.2, 0.25) is 0 Å². The Balaban J connectivity index is 1.43. The van der Waals surface area contributed by atoms with Crippen molar-refractivity contribution in [3.8, 4) is 11.5 Å². The molecule has 4 unspecified atom stereocenters. The second-order valence-corrected chi connectivity index (χ2v) is 8.76. The van der Waals surface area contributed by atoms with Crippen LogP contribution in [-0.2, 0) is 0 Å². The predicted octanol–water partition coefficient (Wildman–Crippen LogP) is 6.68. The first-order valence-electron chi connectivity index (χ1n) is 11.0. The van der Waals surface area contributed by atoms with E-state index in [1.54, 1.807) is 0 Å². The molecule has 0 N–H and O–H groups in total. The van der Waals surface area contributed by atoms with Gasteiger partial charge in [0.25, 0.3) is 0 Å². The highest BCUT2D eigenvalue weighted by Gasteiger charge is 2.35. The normalized spacial score (nSPS) is 25.4. The zero-order chi connectivity index (χ0) is 22.0. The van der Waals surface area contributed by atoms with E-state index in [4.69, 9.17) is 9.47 Å². The van der Waals surface area contributed by atoms with Crippen molar-refractivity contribution in [1.82, 2.24) is 0 Å². The topological polar surface area (TPSA) is 35.5 Å². The minimum absolute atomic E-state index is 0.195. The molecular formula is C26H28F2O3. The summed E-state index contributed by atoms with van der Waals surface area (Å²) < 4.78 is 38.8. The number of ether oxygens (including phenoxy) is 2. The number of benzene rings is 2. The molecule has 0 bridgehead atoms. The summed E-state index contributed by atoms with van der Waals surface area (Å²) in [6.07, 6.45) is 8.97. The van der Waals surface area contributed by atoms with E-state index in [9.17, 15) is 13.6 Å². The lowest BCUT2D eigenvalue weighted by Gasteiger charge is -2.41. The molecule has 4 atom stereocenters. The molecule has 0 amide bonds. The van der Waals surface area contributed by atoms with E-state index in [1.807, 2.05) is 6.07 Å². The van der Waals surface area contributed by atoms with Crippen LogP contribution < -0.4 is 9.47 Å². The van der Waals surface area contributed by atoms with Gasteiger partial charge in [-0.25, -0.2) is 13.6 Å². The van der Waals surface area contributed by atoms with E-state index in [1.165, 1.54) is 50.6 Å². The average Bonchev–Trinajstić information content (AvgIpc) is 2.79. The van der Waals surface area contributed by atoms with E-state index in [0.29, 0.717) is 23.5 Å². The van der Waals surface area contributed by atoms with E-state index in [-0.39, 0.29) is 11.3 Å². The van der Waals surface area contributed by atoms with E-state index >= 15 is 0 Å². The SMILES string of the molecule is C=CC1CCC2CC(c3ccc(C(=O)Oc4ccc(OC)cc4F)c(F)c3)CCC2C1. The number of carbonyl (C=O) groups is 1. The lowest BCUT2D eigenvalue weighted by atomic mass is 9.64. The highest BCUT2D eigenvalue weighted by Crippen LogP contribution is 2.47. The van der Waals surface area contributed by atoms with Crippen molar-refractivity contribution >= 4 is 5.97 Å². The highest BCUT2D eigenvalue weighted by atomic mass is 19.1. The second kappa shape index (κ2) is 9.21. The van der Waals surface area contributed by atoms with Gasteiger partial charge in [0.15, 0.2) is 11.6 Å².